The molecule has 1 unspecified atom stereocenters. The lowest BCUT2D eigenvalue weighted by molar-refractivity contribution is 0.347. The minimum atomic E-state index is 0.742. The van der Waals surface area contributed by atoms with Gasteiger partial charge in [-0.3, -0.25) is 0 Å². The number of thioether (sulfide) groups is 1. The van der Waals surface area contributed by atoms with E-state index in [9.17, 15) is 0 Å². The van der Waals surface area contributed by atoms with E-state index in [2.05, 4.69) is 63.3 Å². The number of benzene rings is 1. The summed E-state index contributed by atoms with van der Waals surface area (Å²) in [6.45, 7) is 11.5. The fraction of sp³-hybridized carbons (Fsp3) is 0.647. The van der Waals surface area contributed by atoms with Crippen LogP contribution in [0.2, 0.25) is 0 Å². The summed E-state index contributed by atoms with van der Waals surface area (Å²) in [6.07, 6.45) is 1.29. The molecule has 0 saturated heterocycles. The molecule has 1 aromatic rings. The molecular formula is C17H29NS. The normalized spacial score (nSPS) is 13.2. The van der Waals surface area contributed by atoms with E-state index in [1.165, 1.54) is 17.1 Å². The van der Waals surface area contributed by atoms with E-state index in [0.29, 0.717) is 0 Å². The number of hydrogen-bond donors (Lipinski definition) is 1. The molecule has 0 aliphatic heterocycles. The first-order valence-corrected chi connectivity index (χ1v) is 8.46. The first-order valence-electron chi connectivity index (χ1n) is 7.48. The first kappa shape index (κ1) is 16.6. The van der Waals surface area contributed by atoms with Gasteiger partial charge in [-0.05, 0) is 55.1 Å². The lowest BCUT2D eigenvalue weighted by atomic mass is 9.93. The highest BCUT2D eigenvalue weighted by Crippen LogP contribution is 2.22. The molecule has 0 spiro atoms. The molecule has 0 fully saturated rings. The van der Waals surface area contributed by atoms with Crippen molar-refractivity contribution < 1.29 is 0 Å². The van der Waals surface area contributed by atoms with Gasteiger partial charge in [0.15, 0.2) is 0 Å². The van der Waals surface area contributed by atoms with Gasteiger partial charge < -0.3 is 5.32 Å². The Morgan fingerprint density at radius 2 is 1.68 bits per heavy atom. The van der Waals surface area contributed by atoms with Crippen molar-refractivity contribution in [2.75, 3.05) is 18.8 Å². The third-order valence-electron chi connectivity index (χ3n) is 3.40. The third-order valence-corrected chi connectivity index (χ3v) is 4.45. The lowest BCUT2D eigenvalue weighted by Gasteiger charge is -2.22. The summed E-state index contributed by atoms with van der Waals surface area (Å²) in [4.78, 5) is 1.39. The fourth-order valence-corrected chi connectivity index (χ4v) is 3.08. The van der Waals surface area contributed by atoms with E-state index < -0.39 is 0 Å². The predicted octanol–water partition coefficient (Wildman–Crippen LogP) is 4.69. The highest BCUT2D eigenvalue weighted by molar-refractivity contribution is 7.99. The van der Waals surface area contributed by atoms with Gasteiger partial charge >= 0.3 is 0 Å². The van der Waals surface area contributed by atoms with Crippen LogP contribution in [0.1, 0.15) is 34.1 Å². The van der Waals surface area contributed by atoms with E-state index >= 15 is 0 Å². The van der Waals surface area contributed by atoms with E-state index in [4.69, 9.17) is 0 Å². The highest BCUT2D eigenvalue weighted by Gasteiger charge is 2.13. The van der Waals surface area contributed by atoms with Gasteiger partial charge in [-0.25, -0.2) is 0 Å². The van der Waals surface area contributed by atoms with Crippen molar-refractivity contribution in [1.29, 1.82) is 0 Å². The fourth-order valence-electron chi connectivity index (χ4n) is 2.07. The maximum absolute atomic E-state index is 3.61. The monoisotopic (exact) mass is 279 g/mol. The molecule has 0 radical (unpaired) electrons. The zero-order chi connectivity index (χ0) is 14.1. The van der Waals surface area contributed by atoms with Crippen LogP contribution < -0.4 is 5.32 Å². The maximum atomic E-state index is 3.61. The van der Waals surface area contributed by atoms with Gasteiger partial charge in [-0.15, -0.1) is 11.8 Å². The van der Waals surface area contributed by atoms with Gasteiger partial charge in [0.05, 0.1) is 0 Å². The average molecular weight is 279 g/mol. The second-order valence-corrected chi connectivity index (χ2v) is 7.17. The lowest BCUT2D eigenvalue weighted by Crippen LogP contribution is -2.29. The molecule has 0 amide bonds. The molecule has 1 rings (SSSR count). The van der Waals surface area contributed by atoms with Crippen molar-refractivity contribution in [3.63, 3.8) is 0 Å². The van der Waals surface area contributed by atoms with Gasteiger partial charge in [0.1, 0.15) is 0 Å². The van der Waals surface area contributed by atoms with Crippen LogP contribution in [-0.2, 0) is 0 Å². The summed E-state index contributed by atoms with van der Waals surface area (Å²) in [5.41, 5.74) is 0. The summed E-state index contributed by atoms with van der Waals surface area (Å²) in [5, 5.41) is 3.61. The Bertz CT molecular complexity index is 321. The zero-order valence-electron chi connectivity index (χ0n) is 12.9. The molecule has 1 N–H and O–H groups in total. The van der Waals surface area contributed by atoms with Crippen LogP contribution >= 0.6 is 11.8 Å². The molecule has 1 atom stereocenters. The molecule has 1 nitrogen and oxygen atoms in total. The van der Waals surface area contributed by atoms with Gasteiger partial charge in [-0.2, -0.15) is 0 Å². The number of hydrogen-bond acceptors (Lipinski definition) is 2. The SMILES string of the molecule is CC(C)CNCC(CCSc1ccccc1)C(C)C. The predicted molar refractivity (Wildman–Crippen MR) is 87.8 cm³/mol. The molecule has 0 bridgehead atoms. The standard InChI is InChI=1S/C17H29NS/c1-14(2)12-18-13-16(15(3)4)10-11-19-17-8-6-5-7-9-17/h5-9,14-16,18H,10-13H2,1-4H3. The Labute approximate surface area is 123 Å². The minimum absolute atomic E-state index is 0.742. The zero-order valence-corrected chi connectivity index (χ0v) is 13.7. The summed E-state index contributed by atoms with van der Waals surface area (Å²) in [6, 6.07) is 10.7. The van der Waals surface area contributed by atoms with Crippen molar-refractivity contribution in [3.8, 4) is 0 Å². The third kappa shape index (κ3) is 7.64. The van der Waals surface area contributed by atoms with Crippen LogP contribution in [0.4, 0.5) is 0 Å². The van der Waals surface area contributed by atoms with Crippen LogP contribution in [0.25, 0.3) is 0 Å². The molecule has 108 valence electrons. The van der Waals surface area contributed by atoms with Crippen LogP contribution in [-0.4, -0.2) is 18.8 Å². The van der Waals surface area contributed by atoms with Gasteiger partial charge in [0, 0.05) is 4.90 Å². The quantitative estimate of drug-likeness (QED) is 0.658. The van der Waals surface area contributed by atoms with E-state index in [1.54, 1.807) is 0 Å². The van der Waals surface area contributed by atoms with E-state index in [1.807, 2.05) is 11.8 Å². The Kier molecular flexibility index (Phi) is 8.24. The molecular weight excluding hydrogens is 250 g/mol. The molecule has 19 heavy (non-hydrogen) atoms. The summed E-state index contributed by atoms with van der Waals surface area (Å²) in [5.74, 6) is 3.51. The summed E-state index contributed by atoms with van der Waals surface area (Å²) >= 11 is 1.98. The molecule has 1 aromatic carbocycles. The molecule has 0 aliphatic carbocycles. The Balaban J connectivity index is 2.25. The van der Waals surface area contributed by atoms with E-state index in [0.717, 1.165) is 30.8 Å². The smallest absolute Gasteiger partial charge is 0.00719 e. The van der Waals surface area contributed by atoms with E-state index in [-0.39, 0.29) is 0 Å². The van der Waals surface area contributed by atoms with Crippen LogP contribution in [0.15, 0.2) is 35.2 Å². The summed E-state index contributed by atoms with van der Waals surface area (Å²) < 4.78 is 0. The Hall–Kier alpha value is -0.470. The van der Waals surface area contributed by atoms with Crippen molar-refractivity contribution in [1.82, 2.24) is 5.32 Å². The maximum Gasteiger partial charge on any atom is 0.00719 e. The van der Waals surface area contributed by atoms with Crippen molar-refractivity contribution in [2.45, 2.75) is 39.0 Å². The Morgan fingerprint density at radius 1 is 1.00 bits per heavy atom. The molecule has 0 saturated carbocycles. The van der Waals surface area contributed by atoms with Crippen molar-refractivity contribution in [3.05, 3.63) is 30.3 Å². The van der Waals surface area contributed by atoms with Gasteiger partial charge in [0.25, 0.3) is 0 Å². The van der Waals surface area contributed by atoms with Crippen LogP contribution in [0.5, 0.6) is 0 Å². The minimum Gasteiger partial charge on any atom is -0.316 e. The summed E-state index contributed by atoms with van der Waals surface area (Å²) in [7, 11) is 0. The molecule has 0 heterocycles. The highest BCUT2D eigenvalue weighted by atomic mass is 32.2. The topological polar surface area (TPSA) is 12.0 Å². The Morgan fingerprint density at radius 3 is 2.26 bits per heavy atom. The van der Waals surface area contributed by atoms with Crippen molar-refractivity contribution >= 4 is 11.8 Å². The molecule has 0 aromatic heterocycles. The van der Waals surface area contributed by atoms with Crippen LogP contribution in [0.3, 0.4) is 0 Å². The van der Waals surface area contributed by atoms with Gasteiger partial charge in [0.2, 0.25) is 0 Å². The first-order chi connectivity index (χ1) is 9.09. The molecule has 2 heteroatoms. The number of rotatable bonds is 9. The second kappa shape index (κ2) is 9.44. The van der Waals surface area contributed by atoms with Crippen molar-refractivity contribution in [2.24, 2.45) is 17.8 Å². The second-order valence-electron chi connectivity index (χ2n) is 6.01. The van der Waals surface area contributed by atoms with Crippen LogP contribution in [0, 0.1) is 17.8 Å². The number of nitrogens with one attached hydrogen (secondary N) is 1. The average Bonchev–Trinajstić information content (AvgIpc) is 2.37. The largest absolute Gasteiger partial charge is 0.316 e. The molecule has 0 aliphatic rings. The van der Waals surface area contributed by atoms with Gasteiger partial charge in [-0.1, -0.05) is 45.9 Å².